The summed E-state index contributed by atoms with van der Waals surface area (Å²) < 4.78 is 10.8. The Kier molecular flexibility index (Phi) is 4.84. The van der Waals surface area contributed by atoms with Crippen molar-refractivity contribution >= 4 is 11.7 Å². The number of carbonyl (C=O) groups excluding carboxylic acids is 2. The molecular formula is C20H21NO5. The summed E-state index contributed by atoms with van der Waals surface area (Å²) in [5.41, 5.74) is 0.950. The van der Waals surface area contributed by atoms with Gasteiger partial charge < -0.3 is 19.2 Å². The van der Waals surface area contributed by atoms with Crippen molar-refractivity contribution < 1.29 is 23.8 Å². The maximum Gasteiger partial charge on any atom is 0.290 e. The van der Waals surface area contributed by atoms with Crippen LogP contribution in [-0.4, -0.2) is 28.8 Å². The standard InChI is InChI=1S/C20H21NO5/c1-4-15(22)17-18(16-10-5-12(2)26-16)21(20(24)19(17)23)11-13-6-8-14(25-3)9-7-13/h5-10,18,23H,4,11H2,1-3H3. The molecule has 1 aromatic heterocycles. The normalized spacial score (nSPS) is 17.1. The van der Waals surface area contributed by atoms with Crippen molar-refractivity contribution in [2.24, 2.45) is 0 Å². The average Bonchev–Trinajstić information content (AvgIpc) is 3.18. The first kappa shape index (κ1) is 17.8. The molecule has 1 N–H and O–H groups in total. The first-order valence-corrected chi connectivity index (χ1v) is 8.42. The molecule has 6 nitrogen and oxygen atoms in total. The minimum absolute atomic E-state index is 0.0976. The molecule has 0 spiro atoms. The van der Waals surface area contributed by atoms with Gasteiger partial charge in [-0.2, -0.15) is 0 Å². The Morgan fingerprint density at radius 2 is 1.92 bits per heavy atom. The topological polar surface area (TPSA) is 80.0 Å². The minimum atomic E-state index is -0.731. The van der Waals surface area contributed by atoms with Crippen LogP contribution in [0.25, 0.3) is 0 Å². The highest BCUT2D eigenvalue weighted by Crippen LogP contribution is 2.39. The molecule has 0 radical (unpaired) electrons. The number of furan rings is 1. The van der Waals surface area contributed by atoms with Gasteiger partial charge in [0, 0.05) is 13.0 Å². The predicted molar refractivity (Wildman–Crippen MR) is 94.7 cm³/mol. The van der Waals surface area contributed by atoms with Gasteiger partial charge in [-0.15, -0.1) is 0 Å². The summed E-state index contributed by atoms with van der Waals surface area (Å²) >= 11 is 0. The number of rotatable bonds is 6. The third kappa shape index (κ3) is 3.10. The molecule has 2 aromatic rings. The minimum Gasteiger partial charge on any atom is -0.503 e. The largest absolute Gasteiger partial charge is 0.503 e. The second-order valence-electron chi connectivity index (χ2n) is 6.17. The predicted octanol–water partition coefficient (Wildman–Crippen LogP) is 3.47. The Morgan fingerprint density at radius 3 is 2.46 bits per heavy atom. The molecule has 0 aliphatic carbocycles. The Hall–Kier alpha value is -3.02. The Balaban J connectivity index is 1.99. The van der Waals surface area contributed by atoms with Crippen LogP contribution in [0.4, 0.5) is 0 Å². The molecule has 136 valence electrons. The molecule has 1 amide bonds. The summed E-state index contributed by atoms with van der Waals surface area (Å²) in [5, 5.41) is 10.3. The summed E-state index contributed by atoms with van der Waals surface area (Å²) in [6, 6.07) is 10.1. The lowest BCUT2D eigenvalue weighted by molar-refractivity contribution is -0.130. The van der Waals surface area contributed by atoms with Gasteiger partial charge in [0.2, 0.25) is 0 Å². The van der Waals surface area contributed by atoms with E-state index in [0.29, 0.717) is 17.3 Å². The lowest BCUT2D eigenvalue weighted by Gasteiger charge is -2.25. The van der Waals surface area contributed by atoms with Crippen LogP contribution in [0.3, 0.4) is 0 Å². The molecule has 26 heavy (non-hydrogen) atoms. The maximum absolute atomic E-state index is 12.7. The number of ketones is 1. The van der Waals surface area contributed by atoms with Crippen LogP contribution in [0.2, 0.25) is 0 Å². The van der Waals surface area contributed by atoms with E-state index in [0.717, 1.165) is 5.56 Å². The molecule has 3 rings (SSSR count). The fourth-order valence-electron chi connectivity index (χ4n) is 3.12. The van der Waals surface area contributed by atoms with E-state index in [4.69, 9.17) is 9.15 Å². The van der Waals surface area contributed by atoms with E-state index in [1.54, 1.807) is 45.2 Å². The van der Waals surface area contributed by atoms with Crippen molar-refractivity contribution in [3.05, 3.63) is 64.8 Å². The van der Waals surface area contributed by atoms with Crippen molar-refractivity contribution in [3.8, 4) is 5.75 Å². The van der Waals surface area contributed by atoms with Gasteiger partial charge in [0.15, 0.2) is 11.5 Å². The molecule has 1 unspecified atom stereocenters. The van der Waals surface area contributed by atoms with E-state index in [1.165, 1.54) is 4.90 Å². The van der Waals surface area contributed by atoms with E-state index in [9.17, 15) is 14.7 Å². The van der Waals surface area contributed by atoms with Gasteiger partial charge in [0.1, 0.15) is 23.3 Å². The summed E-state index contributed by atoms with van der Waals surface area (Å²) in [4.78, 5) is 26.5. The Bertz CT molecular complexity index is 863. The first-order valence-electron chi connectivity index (χ1n) is 8.42. The maximum atomic E-state index is 12.7. The number of carbonyl (C=O) groups is 2. The number of aryl methyl sites for hydroxylation is 1. The lowest BCUT2D eigenvalue weighted by atomic mass is 9.99. The van der Waals surface area contributed by atoms with Crippen LogP contribution in [0.1, 0.15) is 36.5 Å². The van der Waals surface area contributed by atoms with Crippen molar-refractivity contribution in [2.75, 3.05) is 7.11 Å². The molecule has 1 aliphatic rings. The van der Waals surface area contributed by atoms with Gasteiger partial charge in [-0.1, -0.05) is 19.1 Å². The molecule has 2 heterocycles. The molecular weight excluding hydrogens is 334 g/mol. The Morgan fingerprint density at radius 1 is 1.23 bits per heavy atom. The van der Waals surface area contributed by atoms with Gasteiger partial charge in [0.25, 0.3) is 5.91 Å². The van der Waals surface area contributed by atoms with Crippen LogP contribution >= 0.6 is 0 Å². The van der Waals surface area contributed by atoms with Crippen molar-refractivity contribution in [1.29, 1.82) is 0 Å². The molecule has 6 heteroatoms. The molecule has 0 saturated carbocycles. The lowest BCUT2D eigenvalue weighted by Crippen LogP contribution is -2.30. The number of Topliss-reactive ketones (excluding diaryl/α,β-unsaturated/α-hetero) is 1. The molecule has 1 atom stereocenters. The number of amides is 1. The van der Waals surface area contributed by atoms with E-state index in [2.05, 4.69) is 0 Å². The van der Waals surface area contributed by atoms with E-state index < -0.39 is 17.7 Å². The van der Waals surface area contributed by atoms with Gasteiger partial charge >= 0.3 is 0 Å². The number of ether oxygens (including phenoxy) is 1. The fourth-order valence-corrected chi connectivity index (χ4v) is 3.12. The van der Waals surface area contributed by atoms with E-state index in [1.807, 2.05) is 12.1 Å². The second-order valence-corrected chi connectivity index (χ2v) is 6.17. The van der Waals surface area contributed by atoms with Crippen LogP contribution in [0, 0.1) is 6.92 Å². The number of aliphatic hydroxyl groups excluding tert-OH is 1. The molecule has 1 aliphatic heterocycles. The molecule has 0 fully saturated rings. The summed E-state index contributed by atoms with van der Waals surface area (Å²) in [7, 11) is 1.58. The molecule has 1 aromatic carbocycles. The van der Waals surface area contributed by atoms with Gasteiger partial charge in [-0.3, -0.25) is 9.59 Å². The van der Waals surface area contributed by atoms with Crippen LogP contribution < -0.4 is 4.74 Å². The number of benzene rings is 1. The number of nitrogens with zero attached hydrogens (tertiary/aromatic N) is 1. The third-order valence-corrected chi connectivity index (χ3v) is 4.47. The zero-order chi connectivity index (χ0) is 18.8. The summed E-state index contributed by atoms with van der Waals surface area (Å²) in [6.45, 7) is 3.72. The zero-order valence-electron chi connectivity index (χ0n) is 15.0. The van der Waals surface area contributed by atoms with Crippen LogP contribution in [-0.2, 0) is 16.1 Å². The van der Waals surface area contributed by atoms with Gasteiger partial charge in [0.05, 0.1) is 12.7 Å². The second kappa shape index (κ2) is 7.07. The number of aliphatic hydroxyl groups is 1. The quantitative estimate of drug-likeness (QED) is 0.858. The molecule has 0 saturated heterocycles. The smallest absolute Gasteiger partial charge is 0.290 e. The summed E-state index contributed by atoms with van der Waals surface area (Å²) in [5.74, 6) is 0.507. The van der Waals surface area contributed by atoms with Crippen molar-refractivity contribution in [2.45, 2.75) is 32.9 Å². The monoisotopic (exact) mass is 355 g/mol. The van der Waals surface area contributed by atoms with E-state index in [-0.39, 0.29) is 24.3 Å². The average molecular weight is 355 g/mol. The van der Waals surface area contributed by atoms with Crippen molar-refractivity contribution in [3.63, 3.8) is 0 Å². The number of methoxy groups -OCH3 is 1. The summed E-state index contributed by atoms with van der Waals surface area (Å²) in [6.07, 6.45) is 0.194. The molecule has 0 bridgehead atoms. The third-order valence-electron chi connectivity index (χ3n) is 4.47. The number of hydrogen-bond donors (Lipinski definition) is 1. The first-order chi connectivity index (χ1) is 12.5. The van der Waals surface area contributed by atoms with Crippen molar-refractivity contribution in [1.82, 2.24) is 4.90 Å². The SMILES string of the molecule is CCC(=O)C1=C(O)C(=O)N(Cc2ccc(OC)cc2)C1c1ccc(C)o1. The highest BCUT2D eigenvalue weighted by molar-refractivity contribution is 6.08. The number of hydrogen-bond acceptors (Lipinski definition) is 5. The van der Waals surface area contributed by atoms with Crippen LogP contribution in [0.5, 0.6) is 5.75 Å². The fraction of sp³-hybridized carbons (Fsp3) is 0.300. The van der Waals surface area contributed by atoms with Gasteiger partial charge in [-0.05, 0) is 36.8 Å². The Labute approximate surface area is 151 Å². The van der Waals surface area contributed by atoms with Crippen LogP contribution in [0.15, 0.2) is 52.1 Å². The highest BCUT2D eigenvalue weighted by Gasteiger charge is 2.44. The zero-order valence-corrected chi connectivity index (χ0v) is 15.0. The highest BCUT2D eigenvalue weighted by atomic mass is 16.5. The van der Waals surface area contributed by atoms with Gasteiger partial charge in [-0.25, -0.2) is 0 Å². The van der Waals surface area contributed by atoms with E-state index >= 15 is 0 Å².